The van der Waals surface area contributed by atoms with Gasteiger partial charge < -0.3 is 15.7 Å². The van der Waals surface area contributed by atoms with Gasteiger partial charge in [0.25, 0.3) is 0 Å². The molecule has 0 aromatic carbocycles. The molecule has 16 heavy (non-hydrogen) atoms. The van der Waals surface area contributed by atoms with Crippen LogP contribution in [-0.2, 0) is 9.59 Å². The fourth-order valence-corrected chi connectivity index (χ4v) is 1.28. The highest BCUT2D eigenvalue weighted by atomic mass is 16.4. The molecule has 5 nitrogen and oxygen atoms in total. The van der Waals surface area contributed by atoms with E-state index >= 15 is 0 Å². The van der Waals surface area contributed by atoms with Crippen LogP contribution < -0.4 is 10.6 Å². The van der Waals surface area contributed by atoms with Crippen molar-refractivity contribution in [1.82, 2.24) is 10.6 Å². The largest absolute Gasteiger partial charge is 0.481 e. The molecule has 1 amide bonds. The van der Waals surface area contributed by atoms with Gasteiger partial charge in [-0.3, -0.25) is 9.59 Å². The standard InChI is InChI=1S/C11H22N2O3/c1-9(2)13-10(14)8-12-7-5-3-4-6-11(15)16/h9,12H,3-8H2,1-2H3,(H,13,14)(H,15,16). The number of carboxylic acid groups (broad SMARTS) is 1. The van der Waals surface area contributed by atoms with Gasteiger partial charge >= 0.3 is 5.97 Å². The van der Waals surface area contributed by atoms with Gasteiger partial charge in [0.15, 0.2) is 0 Å². The van der Waals surface area contributed by atoms with Crippen molar-refractivity contribution in [2.45, 2.75) is 45.6 Å². The quantitative estimate of drug-likeness (QED) is 0.511. The van der Waals surface area contributed by atoms with Crippen LogP contribution in [0.1, 0.15) is 39.5 Å². The Morgan fingerprint density at radius 2 is 1.88 bits per heavy atom. The van der Waals surface area contributed by atoms with E-state index in [1.54, 1.807) is 0 Å². The van der Waals surface area contributed by atoms with Gasteiger partial charge in [0.2, 0.25) is 5.91 Å². The fraction of sp³-hybridized carbons (Fsp3) is 0.818. The van der Waals surface area contributed by atoms with Gasteiger partial charge in [-0.1, -0.05) is 6.42 Å². The van der Waals surface area contributed by atoms with E-state index < -0.39 is 5.97 Å². The summed E-state index contributed by atoms with van der Waals surface area (Å²) in [5.41, 5.74) is 0. The average Bonchev–Trinajstić information content (AvgIpc) is 2.14. The highest BCUT2D eigenvalue weighted by Gasteiger charge is 2.01. The third-order valence-electron chi connectivity index (χ3n) is 1.98. The maximum Gasteiger partial charge on any atom is 0.303 e. The van der Waals surface area contributed by atoms with E-state index in [4.69, 9.17) is 5.11 Å². The van der Waals surface area contributed by atoms with Gasteiger partial charge in [0.05, 0.1) is 6.54 Å². The number of hydrogen-bond acceptors (Lipinski definition) is 3. The van der Waals surface area contributed by atoms with Crippen LogP contribution in [0.2, 0.25) is 0 Å². The molecule has 0 saturated carbocycles. The molecule has 0 bridgehead atoms. The Morgan fingerprint density at radius 1 is 1.19 bits per heavy atom. The molecule has 0 aliphatic heterocycles. The van der Waals surface area contributed by atoms with Crippen molar-refractivity contribution in [3.05, 3.63) is 0 Å². The van der Waals surface area contributed by atoms with Crippen molar-refractivity contribution in [3.8, 4) is 0 Å². The first kappa shape index (κ1) is 14.9. The minimum atomic E-state index is -0.746. The van der Waals surface area contributed by atoms with Crippen LogP contribution >= 0.6 is 0 Å². The molecule has 0 atom stereocenters. The Labute approximate surface area is 96.6 Å². The van der Waals surface area contributed by atoms with Crippen molar-refractivity contribution < 1.29 is 14.7 Å². The van der Waals surface area contributed by atoms with Crippen LogP contribution in [0.4, 0.5) is 0 Å². The lowest BCUT2D eigenvalue weighted by Crippen LogP contribution is -2.37. The third-order valence-corrected chi connectivity index (χ3v) is 1.98. The molecule has 0 fully saturated rings. The molecule has 0 spiro atoms. The van der Waals surface area contributed by atoms with Crippen molar-refractivity contribution in [3.63, 3.8) is 0 Å². The summed E-state index contributed by atoms with van der Waals surface area (Å²) in [6, 6.07) is 0.171. The Bertz CT molecular complexity index is 217. The first-order valence-corrected chi connectivity index (χ1v) is 5.74. The smallest absolute Gasteiger partial charge is 0.303 e. The number of carbonyl (C=O) groups excluding carboxylic acids is 1. The number of amides is 1. The maximum absolute atomic E-state index is 11.2. The monoisotopic (exact) mass is 230 g/mol. The van der Waals surface area contributed by atoms with E-state index in [0.717, 1.165) is 19.4 Å². The van der Waals surface area contributed by atoms with Crippen molar-refractivity contribution >= 4 is 11.9 Å². The predicted molar refractivity (Wildman–Crippen MR) is 62.3 cm³/mol. The second-order valence-electron chi connectivity index (χ2n) is 4.10. The lowest BCUT2D eigenvalue weighted by Gasteiger charge is -2.08. The summed E-state index contributed by atoms with van der Waals surface area (Å²) in [6.07, 6.45) is 2.72. The number of rotatable bonds is 9. The molecule has 3 N–H and O–H groups in total. The Balaban J connectivity index is 3.20. The first-order chi connectivity index (χ1) is 7.52. The van der Waals surface area contributed by atoms with Crippen LogP contribution in [0.3, 0.4) is 0 Å². The molecular formula is C11H22N2O3. The van der Waals surface area contributed by atoms with E-state index in [-0.39, 0.29) is 18.4 Å². The van der Waals surface area contributed by atoms with Crippen molar-refractivity contribution in [1.29, 1.82) is 0 Å². The van der Waals surface area contributed by atoms with E-state index in [0.29, 0.717) is 13.0 Å². The van der Waals surface area contributed by atoms with Gasteiger partial charge in [-0.05, 0) is 33.2 Å². The minimum Gasteiger partial charge on any atom is -0.481 e. The van der Waals surface area contributed by atoms with Crippen molar-refractivity contribution in [2.75, 3.05) is 13.1 Å². The number of unbranched alkanes of at least 4 members (excludes halogenated alkanes) is 2. The Hall–Kier alpha value is -1.10. The van der Waals surface area contributed by atoms with Gasteiger partial charge in [-0.15, -0.1) is 0 Å². The van der Waals surface area contributed by atoms with E-state index in [1.807, 2.05) is 13.8 Å². The molecule has 0 aromatic heterocycles. The van der Waals surface area contributed by atoms with E-state index in [2.05, 4.69) is 10.6 Å². The van der Waals surface area contributed by atoms with Gasteiger partial charge in [-0.25, -0.2) is 0 Å². The third kappa shape index (κ3) is 11.0. The van der Waals surface area contributed by atoms with Crippen LogP contribution in [-0.4, -0.2) is 36.1 Å². The number of carboxylic acids is 1. The van der Waals surface area contributed by atoms with Gasteiger partial charge in [0.1, 0.15) is 0 Å². The second-order valence-corrected chi connectivity index (χ2v) is 4.10. The molecule has 0 rings (SSSR count). The molecular weight excluding hydrogens is 208 g/mol. The minimum absolute atomic E-state index is 0.000496. The summed E-state index contributed by atoms with van der Waals surface area (Å²) in [6.45, 7) is 4.93. The van der Waals surface area contributed by atoms with Gasteiger partial charge in [-0.2, -0.15) is 0 Å². The molecule has 0 saturated heterocycles. The van der Waals surface area contributed by atoms with Crippen LogP contribution in [0.5, 0.6) is 0 Å². The molecule has 0 radical (unpaired) electrons. The zero-order valence-electron chi connectivity index (χ0n) is 10.1. The van der Waals surface area contributed by atoms with Crippen LogP contribution in [0.25, 0.3) is 0 Å². The van der Waals surface area contributed by atoms with E-state index in [9.17, 15) is 9.59 Å². The SMILES string of the molecule is CC(C)NC(=O)CNCCCCCC(=O)O. The molecule has 94 valence electrons. The molecule has 0 aromatic rings. The van der Waals surface area contributed by atoms with Crippen LogP contribution in [0, 0.1) is 0 Å². The highest BCUT2D eigenvalue weighted by molar-refractivity contribution is 5.78. The number of nitrogens with one attached hydrogen (secondary N) is 2. The lowest BCUT2D eigenvalue weighted by atomic mass is 10.2. The number of carbonyl (C=O) groups is 2. The van der Waals surface area contributed by atoms with Gasteiger partial charge in [0, 0.05) is 12.5 Å². The zero-order chi connectivity index (χ0) is 12.4. The zero-order valence-corrected chi connectivity index (χ0v) is 10.1. The topological polar surface area (TPSA) is 78.4 Å². The maximum atomic E-state index is 11.2. The Kier molecular flexibility index (Phi) is 8.52. The summed E-state index contributed by atoms with van der Waals surface area (Å²) in [5.74, 6) is -0.746. The second kappa shape index (κ2) is 9.15. The summed E-state index contributed by atoms with van der Waals surface area (Å²) in [7, 11) is 0. The van der Waals surface area contributed by atoms with E-state index in [1.165, 1.54) is 0 Å². The summed E-state index contributed by atoms with van der Waals surface area (Å²) >= 11 is 0. The molecule has 0 aliphatic carbocycles. The Morgan fingerprint density at radius 3 is 2.44 bits per heavy atom. The number of hydrogen-bond donors (Lipinski definition) is 3. The summed E-state index contributed by atoms with van der Waals surface area (Å²) < 4.78 is 0. The molecule has 0 aliphatic rings. The highest BCUT2D eigenvalue weighted by Crippen LogP contribution is 1.98. The lowest BCUT2D eigenvalue weighted by molar-refractivity contribution is -0.137. The molecule has 0 unspecified atom stereocenters. The predicted octanol–water partition coefficient (Wildman–Crippen LogP) is 0.746. The van der Waals surface area contributed by atoms with Crippen molar-refractivity contribution in [2.24, 2.45) is 0 Å². The first-order valence-electron chi connectivity index (χ1n) is 5.74. The number of aliphatic carboxylic acids is 1. The fourth-order valence-electron chi connectivity index (χ4n) is 1.28. The molecule has 5 heteroatoms. The average molecular weight is 230 g/mol. The summed E-state index contributed by atoms with van der Waals surface area (Å²) in [5, 5.41) is 14.2. The normalized spacial score (nSPS) is 10.4. The summed E-state index contributed by atoms with van der Waals surface area (Å²) in [4.78, 5) is 21.4. The van der Waals surface area contributed by atoms with Crippen LogP contribution in [0.15, 0.2) is 0 Å². The molecule has 0 heterocycles.